The van der Waals surface area contributed by atoms with E-state index in [0.717, 1.165) is 17.2 Å². The second-order valence-corrected chi connectivity index (χ2v) is 6.11. The summed E-state index contributed by atoms with van der Waals surface area (Å²) in [7, 11) is 0. The maximum Gasteiger partial charge on any atom is 0.259 e. The fourth-order valence-electron chi connectivity index (χ4n) is 2.56. The number of benzene rings is 2. The zero-order chi connectivity index (χ0) is 19.8. The molecular weight excluding hydrogens is 392 g/mol. The fourth-order valence-corrected chi connectivity index (χ4v) is 2.56. The van der Waals surface area contributed by atoms with Crippen molar-refractivity contribution < 1.29 is 36.0 Å². The molecule has 0 saturated carbocycles. The van der Waals surface area contributed by atoms with Gasteiger partial charge in [-0.3, -0.25) is 4.79 Å². The van der Waals surface area contributed by atoms with Crippen LogP contribution in [0.5, 0.6) is 17.2 Å². The average Bonchev–Trinajstić information content (AvgIpc) is 2.73. The van der Waals surface area contributed by atoms with Crippen molar-refractivity contribution in [2.75, 3.05) is 13.2 Å². The molecule has 0 aliphatic heterocycles. The van der Waals surface area contributed by atoms with E-state index in [0.29, 0.717) is 18.8 Å². The van der Waals surface area contributed by atoms with Gasteiger partial charge in [0.1, 0.15) is 29.4 Å². The molecule has 0 aliphatic rings. The average molecular weight is 415 g/mol. The molecule has 1 aromatic heterocycles. The van der Waals surface area contributed by atoms with E-state index in [9.17, 15) is 4.79 Å². The highest BCUT2D eigenvalue weighted by Gasteiger charge is 2.14. The standard InChI is InChI=1S/C22H22N2O4.ClH/c1-17(24-13-5-6-18(16-24)22(23)25)26-14-15-27-19-9-11-21(12-10-19)28-20-7-3-2-4-8-20;/h2-13,16-17H,14-15H2,1H3,(H-,23,25);1H. The summed E-state index contributed by atoms with van der Waals surface area (Å²) in [5.74, 6) is 1.80. The topological polar surface area (TPSA) is 74.7 Å². The predicted molar refractivity (Wildman–Crippen MR) is 104 cm³/mol. The summed E-state index contributed by atoms with van der Waals surface area (Å²) < 4.78 is 19.0. The Morgan fingerprint density at radius 3 is 2.28 bits per heavy atom. The van der Waals surface area contributed by atoms with Crippen molar-refractivity contribution in [3.8, 4) is 17.2 Å². The normalized spacial score (nSPS) is 11.2. The van der Waals surface area contributed by atoms with Crippen molar-refractivity contribution >= 4 is 5.91 Å². The predicted octanol–water partition coefficient (Wildman–Crippen LogP) is 0.483. The van der Waals surface area contributed by atoms with Crippen molar-refractivity contribution in [3.05, 3.63) is 84.7 Å². The van der Waals surface area contributed by atoms with Crippen LogP contribution in [0.4, 0.5) is 0 Å². The number of primary amides is 1. The number of hydrogen-bond donors (Lipinski definition) is 1. The third-order valence-electron chi connectivity index (χ3n) is 4.04. The molecule has 2 aromatic carbocycles. The van der Waals surface area contributed by atoms with Crippen LogP contribution in [-0.2, 0) is 4.74 Å². The number of amides is 1. The highest BCUT2D eigenvalue weighted by molar-refractivity contribution is 5.92. The third kappa shape index (κ3) is 6.78. The summed E-state index contributed by atoms with van der Waals surface area (Å²) in [6.07, 6.45) is 3.24. The minimum atomic E-state index is -0.468. The molecule has 2 N–H and O–H groups in total. The largest absolute Gasteiger partial charge is 1.00 e. The van der Waals surface area contributed by atoms with Gasteiger partial charge in [-0.25, -0.2) is 0 Å². The van der Waals surface area contributed by atoms with Crippen LogP contribution in [0.15, 0.2) is 79.1 Å². The number of carbonyl (C=O) groups excluding carboxylic acids is 1. The second kappa shape index (κ2) is 11.0. The first kappa shape index (κ1) is 22.2. The molecular formula is C22H23ClN2O4. The number of hydrogen-bond acceptors (Lipinski definition) is 4. The molecule has 29 heavy (non-hydrogen) atoms. The van der Waals surface area contributed by atoms with Gasteiger partial charge < -0.3 is 32.4 Å². The molecule has 152 valence electrons. The summed E-state index contributed by atoms with van der Waals surface area (Å²) in [5.41, 5.74) is 5.74. The number of aromatic nitrogens is 1. The zero-order valence-electron chi connectivity index (χ0n) is 16.0. The minimum Gasteiger partial charge on any atom is -1.00 e. The molecule has 0 fully saturated rings. The van der Waals surface area contributed by atoms with E-state index in [1.807, 2.05) is 67.7 Å². The highest BCUT2D eigenvalue weighted by atomic mass is 35.5. The van der Waals surface area contributed by atoms with Crippen molar-refractivity contribution in [1.29, 1.82) is 0 Å². The van der Waals surface area contributed by atoms with E-state index in [4.69, 9.17) is 19.9 Å². The molecule has 0 aliphatic carbocycles. The molecule has 0 saturated heterocycles. The fraction of sp³-hybridized carbons (Fsp3) is 0.182. The van der Waals surface area contributed by atoms with Crippen LogP contribution in [0.2, 0.25) is 0 Å². The van der Waals surface area contributed by atoms with Gasteiger partial charge in [0.25, 0.3) is 12.1 Å². The van der Waals surface area contributed by atoms with Crippen LogP contribution in [0.1, 0.15) is 23.5 Å². The van der Waals surface area contributed by atoms with Gasteiger partial charge in [0.2, 0.25) is 0 Å². The molecule has 7 heteroatoms. The van der Waals surface area contributed by atoms with E-state index >= 15 is 0 Å². The highest BCUT2D eigenvalue weighted by Crippen LogP contribution is 2.23. The van der Waals surface area contributed by atoms with Crippen LogP contribution >= 0.6 is 0 Å². The molecule has 1 atom stereocenters. The van der Waals surface area contributed by atoms with Gasteiger partial charge in [0.05, 0.1) is 6.61 Å². The minimum absolute atomic E-state index is 0. The Kier molecular flexibility index (Phi) is 8.45. The Hall–Kier alpha value is -3.09. The first-order valence-corrected chi connectivity index (χ1v) is 9.00. The number of nitrogens with two attached hydrogens (primary N) is 1. The Bertz CT molecular complexity index is 904. The molecule has 0 spiro atoms. The smallest absolute Gasteiger partial charge is 0.259 e. The lowest BCUT2D eigenvalue weighted by Crippen LogP contribution is -3.00. The molecule has 1 heterocycles. The molecule has 1 amide bonds. The van der Waals surface area contributed by atoms with Crippen molar-refractivity contribution in [3.63, 3.8) is 0 Å². The molecule has 3 aromatic rings. The summed E-state index contributed by atoms with van der Waals surface area (Å²) in [4.78, 5) is 11.3. The number of halogens is 1. The lowest BCUT2D eigenvalue weighted by atomic mass is 10.3. The third-order valence-corrected chi connectivity index (χ3v) is 4.04. The Balaban J connectivity index is 0.00000300. The van der Waals surface area contributed by atoms with E-state index in [-0.39, 0.29) is 18.6 Å². The Morgan fingerprint density at radius 1 is 0.931 bits per heavy atom. The first-order valence-electron chi connectivity index (χ1n) is 9.00. The van der Waals surface area contributed by atoms with Crippen LogP contribution in [0, 0.1) is 0 Å². The van der Waals surface area contributed by atoms with Gasteiger partial charge in [-0.05, 0) is 42.5 Å². The van der Waals surface area contributed by atoms with E-state index in [1.54, 1.807) is 22.9 Å². The van der Waals surface area contributed by atoms with Crippen LogP contribution < -0.4 is 32.2 Å². The van der Waals surface area contributed by atoms with E-state index in [1.165, 1.54) is 0 Å². The maximum absolute atomic E-state index is 11.3. The summed E-state index contributed by atoms with van der Waals surface area (Å²) in [6.45, 7) is 2.69. The van der Waals surface area contributed by atoms with Crippen molar-refractivity contribution in [2.24, 2.45) is 5.73 Å². The molecule has 6 nitrogen and oxygen atoms in total. The van der Waals surface area contributed by atoms with Gasteiger partial charge in [0, 0.05) is 13.0 Å². The van der Waals surface area contributed by atoms with Crippen LogP contribution in [0.3, 0.4) is 0 Å². The number of ether oxygens (including phenoxy) is 3. The number of pyridine rings is 1. The lowest BCUT2D eigenvalue weighted by Gasteiger charge is -2.11. The number of carbonyl (C=O) groups is 1. The molecule has 0 bridgehead atoms. The quantitative estimate of drug-likeness (QED) is 0.408. The number of nitrogens with zero attached hydrogens (tertiary/aromatic N) is 1. The summed E-state index contributed by atoms with van der Waals surface area (Å²) in [5, 5.41) is 0. The van der Waals surface area contributed by atoms with Gasteiger partial charge >= 0.3 is 0 Å². The maximum atomic E-state index is 11.3. The summed E-state index contributed by atoms with van der Waals surface area (Å²) >= 11 is 0. The molecule has 0 radical (unpaired) electrons. The van der Waals surface area contributed by atoms with E-state index < -0.39 is 5.91 Å². The second-order valence-electron chi connectivity index (χ2n) is 6.11. The van der Waals surface area contributed by atoms with Crippen molar-refractivity contribution in [1.82, 2.24) is 0 Å². The van der Waals surface area contributed by atoms with E-state index in [2.05, 4.69) is 0 Å². The van der Waals surface area contributed by atoms with Crippen LogP contribution in [0.25, 0.3) is 0 Å². The van der Waals surface area contributed by atoms with Crippen LogP contribution in [-0.4, -0.2) is 19.1 Å². The number of para-hydroxylation sites is 1. The van der Waals surface area contributed by atoms with Crippen molar-refractivity contribution in [2.45, 2.75) is 13.2 Å². The molecule has 1 unspecified atom stereocenters. The lowest BCUT2D eigenvalue weighted by molar-refractivity contribution is -0.758. The zero-order valence-corrected chi connectivity index (χ0v) is 16.8. The first-order chi connectivity index (χ1) is 13.6. The van der Waals surface area contributed by atoms with Gasteiger partial charge in [-0.2, -0.15) is 4.57 Å². The monoisotopic (exact) mass is 414 g/mol. The SMILES string of the molecule is CC(OCCOc1ccc(Oc2ccccc2)cc1)[n+]1cccc(C(N)=O)c1.[Cl-]. The van der Waals surface area contributed by atoms with Gasteiger partial charge in [-0.1, -0.05) is 18.2 Å². The number of rotatable bonds is 9. The summed E-state index contributed by atoms with van der Waals surface area (Å²) in [6, 6.07) is 20.5. The van der Waals surface area contributed by atoms with Gasteiger partial charge in [-0.15, -0.1) is 0 Å². The Labute approximate surface area is 176 Å². The van der Waals surface area contributed by atoms with Gasteiger partial charge in [0.15, 0.2) is 12.4 Å². The molecule has 3 rings (SSSR count). The Morgan fingerprint density at radius 2 is 1.59 bits per heavy atom.